The minimum atomic E-state index is -0.728. The van der Waals surface area contributed by atoms with Gasteiger partial charge in [0.15, 0.2) is 5.78 Å². The Bertz CT molecular complexity index is 1780. The third-order valence-electron chi connectivity index (χ3n) is 11.5. The first-order valence-corrected chi connectivity index (χ1v) is 19.2. The Morgan fingerprint density at radius 3 is 1.23 bits per heavy atom. The molecule has 0 saturated heterocycles. The lowest BCUT2D eigenvalue weighted by Gasteiger charge is -2.34. The van der Waals surface area contributed by atoms with Crippen LogP contribution in [0.3, 0.4) is 0 Å². The molecule has 3 N–H and O–H groups in total. The van der Waals surface area contributed by atoms with Gasteiger partial charge in [-0.15, -0.1) is 0 Å². The number of allylic oxidation sites excluding steroid dienone is 1. The second-order valence-corrected chi connectivity index (χ2v) is 14.1. The first-order chi connectivity index (χ1) is 24.8. The number of carbonyl (C=O) groups is 1. The minimum absolute atomic E-state index is 0.0612. The summed E-state index contributed by atoms with van der Waals surface area (Å²) in [5, 5.41) is 29.8. The number of aromatic hydroxyl groups is 2. The molecule has 0 unspecified atom stereocenters. The molecule has 0 heterocycles. The number of phenolic OH excluding ortho intramolecular Hbond substituents is 2. The van der Waals surface area contributed by atoms with Gasteiger partial charge in [0, 0.05) is 17.3 Å². The van der Waals surface area contributed by atoms with Gasteiger partial charge in [-0.05, 0) is 127 Å². The highest BCUT2D eigenvalue weighted by atomic mass is 16.3. The number of hydrogen-bond acceptors (Lipinski definition) is 4. The fraction of sp³-hybridized carbons (Fsp3) is 0.396. The van der Waals surface area contributed by atoms with Gasteiger partial charge in [-0.1, -0.05) is 127 Å². The standard InChI is InChI=1S/C25H34O2.C23H28O2/c1-6-24(27,7-2)17-16-20-10-11-22(18-19(20)5)25(8-3,9-4)21-12-14-23(26)15-13-21;1-5-21(24)13-9-18-8-10-20(16-17(18)4)23(6-2,7-3)19-11-14-22(25)15-12-19/h10-18,26-27H,6-9H2,1-5H3;8-16,25H,5-7H2,1-4H3/b17-16+;13-9+. The summed E-state index contributed by atoms with van der Waals surface area (Å²) in [4.78, 5) is 11.5. The van der Waals surface area contributed by atoms with Crippen molar-refractivity contribution in [1.29, 1.82) is 0 Å². The maximum absolute atomic E-state index is 11.5. The molecule has 0 amide bonds. The molecule has 0 spiro atoms. The molecule has 4 aromatic carbocycles. The Hall–Kier alpha value is -4.41. The van der Waals surface area contributed by atoms with E-state index < -0.39 is 5.60 Å². The predicted molar refractivity (Wildman–Crippen MR) is 220 cm³/mol. The van der Waals surface area contributed by atoms with Crippen molar-refractivity contribution in [1.82, 2.24) is 0 Å². The van der Waals surface area contributed by atoms with E-state index in [0.717, 1.165) is 36.8 Å². The number of benzene rings is 4. The van der Waals surface area contributed by atoms with Crippen LogP contribution in [0, 0.1) is 13.8 Å². The number of hydrogen-bond donors (Lipinski definition) is 3. The number of ketones is 1. The zero-order valence-corrected chi connectivity index (χ0v) is 33.1. The molecule has 0 aliphatic heterocycles. The fourth-order valence-electron chi connectivity index (χ4n) is 7.38. The lowest BCUT2D eigenvalue weighted by Crippen LogP contribution is -2.26. The van der Waals surface area contributed by atoms with E-state index in [9.17, 15) is 20.1 Å². The van der Waals surface area contributed by atoms with Gasteiger partial charge >= 0.3 is 0 Å². The number of aryl methyl sites for hydroxylation is 2. The molecule has 0 atom stereocenters. The zero-order chi connectivity index (χ0) is 38.5. The lowest BCUT2D eigenvalue weighted by atomic mass is 9.70. The zero-order valence-electron chi connectivity index (χ0n) is 33.1. The van der Waals surface area contributed by atoms with Gasteiger partial charge in [0.2, 0.25) is 0 Å². The highest BCUT2D eigenvalue weighted by Gasteiger charge is 2.32. The molecular formula is C48H62O4. The van der Waals surface area contributed by atoms with Crippen LogP contribution in [0.15, 0.2) is 97.1 Å². The van der Waals surface area contributed by atoms with Gasteiger partial charge in [-0.25, -0.2) is 0 Å². The van der Waals surface area contributed by atoms with Crippen LogP contribution in [-0.4, -0.2) is 26.7 Å². The predicted octanol–water partition coefficient (Wildman–Crippen LogP) is 12.2. The second kappa shape index (κ2) is 18.9. The maximum Gasteiger partial charge on any atom is 0.155 e. The highest BCUT2D eigenvalue weighted by Crippen LogP contribution is 2.41. The third kappa shape index (κ3) is 9.72. The smallest absolute Gasteiger partial charge is 0.155 e. The topological polar surface area (TPSA) is 77.8 Å². The number of aliphatic hydroxyl groups is 1. The molecule has 278 valence electrons. The summed E-state index contributed by atoms with van der Waals surface area (Å²) in [6.45, 7) is 19.0. The average molecular weight is 703 g/mol. The van der Waals surface area contributed by atoms with Crippen molar-refractivity contribution in [3.8, 4) is 11.5 Å². The Balaban J connectivity index is 0.000000281. The number of phenols is 2. The Morgan fingerprint density at radius 2 is 0.904 bits per heavy atom. The van der Waals surface area contributed by atoms with Crippen LogP contribution in [0.4, 0.5) is 0 Å². The van der Waals surface area contributed by atoms with E-state index in [4.69, 9.17) is 0 Å². The normalized spacial score (nSPS) is 12.3. The Labute approximate surface area is 314 Å². The highest BCUT2D eigenvalue weighted by molar-refractivity contribution is 5.93. The van der Waals surface area contributed by atoms with Crippen LogP contribution < -0.4 is 0 Å². The maximum atomic E-state index is 11.5. The van der Waals surface area contributed by atoms with Gasteiger partial charge < -0.3 is 15.3 Å². The molecule has 0 bridgehead atoms. The number of carbonyl (C=O) groups excluding carboxylic acids is 1. The molecule has 0 aliphatic rings. The molecule has 0 aliphatic carbocycles. The first-order valence-electron chi connectivity index (χ1n) is 19.2. The molecule has 0 fully saturated rings. The van der Waals surface area contributed by atoms with E-state index >= 15 is 0 Å². The Morgan fingerprint density at radius 1 is 0.538 bits per heavy atom. The fourth-order valence-corrected chi connectivity index (χ4v) is 7.38. The minimum Gasteiger partial charge on any atom is -0.508 e. The summed E-state index contributed by atoms with van der Waals surface area (Å²) < 4.78 is 0. The largest absolute Gasteiger partial charge is 0.508 e. The van der Waals surface area contributed by atoms with Gasteiger partial charge in [-0.3, -0.25) is 4.79 Å². The summed E-state index contributed by atoms with van der Waals surface area (Å²) in [5.41, 5.74) is 8.78. The lowest BCUT2D eigenvalue weighted by molar-refractivity contribution is -0.114. The molecule has 52 heavy (non-hydrogen) atoms. The molecule has 4 aromatic rings. The Kier molecular flexibility index (Phi) is 15.3. The summed E-state index contributed by atoms with van der Waals surface area (Å²) in [6, 6.07) is 28.3. The molecule has 4 nitrogen and oxygen atoms in total. The van der Waals surface area contributed by atoms with E-state index in [1.165, 1.54) is 33.4 Å². The quantitative estimate of drug-likeness (QED) is 0.108. The van der Waals surface area contributed by atoms with Crippen molar-refractivity contribution >= 4 is 17.9 Å². The molecule has 0 saturated carbocycles. The van der Waals surface area contributed by atoms with Crippen molar-refractivity contribution in [2.24, 2.45) is 0 Å². The van der Waals surface area contributed by atoms with Crippen molar-refractivity contribution < 1.29 is 20.1 Å². The van der Waals surface area contributed by atoms with Crippen LogP contribution in [0.5, 0.6) is 11.5 Å². The molecule has 4 heteroatoms. The monoisotopic (exact) mass is 702 g/mol. The summed E-state index contributed by atoms with van der Waals surface area (Å²) in [6.07, 6.45) is 13.5. The molecule has 4 rings (SSSR count). The van der Waals surface area contributed by atoms with Crippen LogP contribution in [0.2, 0.25) is 0 Å². The van der Waals surface area contributed by atoms with Gasteiger partial charge in [0.1, 0.15) is 11.5 Å². The van der Waals surface area contributed by atoms with Crippen LogP contribution >= 0.6 is 0 Å². The SMILES string of the molecule is CCC(=O)/C=C/c1ccc(C(CC)(CC)c2ccc(O)cc2)cc1C.CCC(O)(/C=C/c1ccc(C(CC)(CC)c2ccc(O)cc2)cc1C)CC. The van der Waals surface area contributed by atoms with Gasteiger partial charge in [0.25, 0.3) is 0 Å². The first kappa shape index (κ1) is 42.0. The van der Waals surface area contributed by atoms with E-state index in [1.807, 2.05) is 63.3 Å². The summed E-state index contributed by atoms with van der Waals surface area (Å²) in [7, 11) is 0. The summed E-state index contributed by atoms with van der Waals surface area (Å²) >= 11 is 0. The van der Waals surface area contributed by atoms with E-state index in [1.54, 1.807) is 30.3 Å². The number of rotatable bonds is 15. The summed E-state index contributed by atoms with van der Waals surface area (Å²) in [5.74, 6) is 0.738. The van der Waals surface area contributed by atoms with E-state index in [0.29, 0.717) is 30.8 Å². The molecular weight excluding hydrogens is 641 g/mol. The molecule has 0 aromatic heterocycles. The van der Waals surface area contributed by atoms with E-state index in [2.05, 4.69) is 77.9 Å². The van der Waals surface area contributed by atoms with Crippen LogP contribution in [0.1, 0.15) is 138 Å². The van der Waals surface area contributed by atoms with Crippen molar-refractivity contribution in [3.05, 3.63) is 142 Å². The van der Waals surface area contributed by atoms with Gasteiger partial charge in [0.05, 0.1) is 5.60 Å². The van der Waals surface area contributed by atoms with Crippen molar-refractivity contribution in [2.75, 3.05) is 0 Å². The van der Waals surface area contributed by atoms with Crippen molar-refractivity contribution in [3.63, 3.8) is 0 Å². The van der Waals surface area contributed by atoms with E-state index in [-0.39, 0.29) is 16.6 Å². The van der Waals surface area contributed by atoms with Crippen molar-refractivity contribution in [2.45, 2.75) is 124 Å². The van der Waals surface area contributed by atoms with Gasteiger partial charge in [-0.2, -0.15) is 0 Å². The van der Waals surface area contributed by atoms with Crippen LogP contribution in [-0.2, 0) is 15.6 Å². The third-order valence-corrected chi connectivity index (χ3v) is 11.5. The second-order valence-electron chi connectivity index (χ2n) is 14.1. The average Bonchev–Trinajstić information content (AvgIpc) is 3.16. The molecule has 0 radical (unpaired) electrons. The van der Waals surface area contributed by atoms with Crippen LogP contribution in [0.25, 0.3) is 12.2 Å².